The van der Waals surface area contributed by atoms with Gasteiger partial charge in [0.1, 0.15) is 0 Å². The van der Waals surface area contributed by atoms with Crippen molar-refractivity contribution in [3.63, 3.8) is 0 Å². The minimum Gasteiger partial charge on any atom is -0.278 e. The lowest BCUT2D eigenvalue weighted by atomic mass is 10.2. The van der Waals surface area contributed by atoms with Crippen LogP contribution in [0.25, 0.3) is 0 Å². The molecule has 156 valence electrons. The van der Waals surface area contributed by atoms with E-state index in [9.17, 15) is 18.0 Å². The highest BCUT2D eigenvalue weighted by atomic mass is 35.5. The first kappa shape index (κ1) is 21.8. The van der Waals surface area contributed by atoms with Gasteiger partial charge in [-0.3, -0.25) is 25.2 Å². The smallest absolute Gasteiger partial charge is 0.269 e. The number of benzene rings is 2. The van der Waals surface area contributed by atoms with Gasteiger partial charge >= 0.3 is 0 Å². The third kappa shape index (κ3) is 5.82. The maximum atomic E-state index is 12.6. The van der Waals surface area contributed by atoms with Crippen molar-refractivity contribution in [3.05, 3.63) is 81.5 Å². The number of nitrogens with one attached hydrogen (secondary N) is 3. The van der Waals surface area contributed by atoms with Crippen LogP contribution >= 0.6 is 22.9 Å². The monoisotopic (exact) mass is 463 g/mol. The summed E-state index contributed by atoms with van der Waals surface area (Å²) in [6, 6.07) is 13.8. The zero-order chi connectivity index (χ0) is 21.6. The van der Waals surface area contributed by atoms with Gasteiger partial charge in [-0.2, -0.15) is 11.3 Å². The fourth-order valence-electron chi connectivity index (χ4n) is 2.51. The molecule has 2 aromatic carbocycles. The van der Waals surface area contributed by atoms with Crippen molar-refractivity contribution >= 4 is 50.5 Å². The molecule has 2 amide bonds. The Morgan fingerprint density at radius 1 is 1.00 bits per heavy atom. The van der Waals surface area contributed by atoms with Gasteiger partial charge in [0.05, 0.1) is 15.6 Å². The third-order valence-electron chi connectivity index (χ3n) is 4.06. The highest BCUT2D eigenvalue weighted by molar-refractivity contribution is 7.92. The first-order chi connectivity index (χ1) is 14.3. The SMILES string of the molecule is O=C(CCc1ccsc1)NNC(=O)c1cccc(S(=O)(=O)Nc2ccccc2Cl)c1. The number of hydrogen-bond donors (Lipinski definition) is 3. The number of anilines is 1. The van der Waals surface area contributed by atoms with E-state index in [0.717, 1.165) is 5.56 Å². The molecule has 0 saturated heterocycles. The summed E-state index contributed by atoms with van der Waals surface area (Å²) >= 11 is 7.55. The Labute approximate surface area is 183 Å². The number of amides is 2. The van der Waals surface area contributed by atoms with Crippen LogP contribution in [-0.2, 0) is 21.2 Å². The minimum atomic E-state index is -3.96. The summed E-state index contributed by atoms with van der Waals surface area (Å²) in [5.74, 6) is -0.979. The lowest BCUT2D eigenvalue weighted by molar-refractivity contribution is -0.121. The summed E-state index contributed by atoms with van der Waals surface area (Å²) in [5, 5.41) is 4.13. The van der Waals surface area contributed by atoms with Crippen LogP contribution in [0.5, 0.6) is 0 Å². The van der Waals surface area contributed by atoms with Crippen molar-refractivity contribution < 1.29 is 18.0 Å². The number of sulfonamides is 1. The molecule has 3 N–H and O–H groups in total. The van der Waals surface area contributed by atoms with E-state index >= 15 is 0 Å². The molecule has 0 saturated carbocycles. The standard InChI is InChI=1S/C20H18ClN3O4S2/c21-17-6-1-2-7-18(17)24-30(27,28)16-5-3-4-15(12-16)20(26)23-22-19(25)9-8-14-10-11-29-13-14/h1-7,10-13,24H,8-9H2,(H,22,25)(H,23,26). The second kappa shape index (κ2) is 9.75. The van der Waals surface area contributed by atoms with E-state index in [2.05, 4.69) is 15.6 Å². The van der Waals surface area contributed by atoms with Crippen molar-refractivity contribution in [1.29, 1.82) is 0 Å². The number of rotatable bonds is 7. The molecule has 0 aliphatic rings. The van der Waals surface area contributed by atoms with E-state index in [1.54, 1.807) is 29.5 Å². The first-order valence-corrected chi connectivity index (χ1v) is 11.6. The van der Waals surface area contributed by atoms with Gasteiger partial charge in [-0.1, -0.05) is 29.8 Å². The Morgan fingerprint density at radius 3 is 2.53 bits per heavy atom. The first-order valence-electron chi connectivity index (χ1n) is 8.83. The van der Waals surface area contributed by atoms with Crippen molar-refractivity contribution in [2.75, 3.05) is 4.72 Å². The summed E-state index contributed by atoms with van der Waals surface area (Å²) < 4.78 is 27.6. The molecule has 0 radical (unpaired) electrons. The molecule has 3 aromatic rings. The fraction of sp³-hybridized carbons (Fsp3) is 0.100. The molecule has 10 heteroatoms. The van der Waals surface area contributed by atoms with Crippen LogP contribution in [0, 0.1) is 0 Å². The fourth-order valence-corrected chi connectivity index (χ4v) is 4.57. The summed E-state index contributed by atoms with van der Waals surface area (Å²) in [6.07, 6.45) is 0.778. The average Bonchev–Trinajstić information content (AvgIpc) is 3.26. The van der Waals surface area contributed by atoms with Gasteiger partial charge in [0, 0.05) is 12.0 Å². The molecule has 0 spiro atoms. The topological polar surface area (TPSA) is 104 Å². The van der Waals surface area contributed by atoms with Gasteiger partial charge in [-0.05, 0) is 59.1 Å². The van der Waals surface area contributed by atoms with Crippen LogP contribution in [0.2, 0.25) is 5.02 Å². The van der Waals surface area contributed by atoms with Crippen LogP contribution in [0.4, 0.5) is 5.69 Å². The number of thiophene rings is 1. The van der Waals surface area contributed by atoms with Crippen LogP contribution in [0.1, 0.15) is 22.3 Å². The van der Waals surface area contributed by atoms with Crippen molar-refractivity contribution in [1.82, 2.24) is 10.9 Å². The Balaban J connectivity index is 1.62. The molecule has 7 nitrogen and oxygen atoms in total. The molecule has 0 aliphatic heterocycles. The van der Waals surface area contributed by atoms with E-state index < -0.39 is 15.9 Å². The lowest BCUT2D eigenvalue weighted by Gasteiger charge is -2.11. The quantitative estimate of drug-likeness (QED) is 0.465. The Morgan fingerprint density at radius 2 is 1.80 bits per heavy atom. The van der Waals surface area contributed by atoms with Crippen LogP contribution in [-0.4, -0.2) is 20.2 Å². The van der Waals surface area contributed by atoms with Crippen molar-refractivity contribution in [2.24, 2.45) is 0 Å². The van der Waals surface area contributed by atoms with E-state index in [1.807, 2.05) is 16.8 Å². The largest absolute Gasteiger partial charge is 0.278 e. The lowest BCUT2D eigenvalue weighted by Crippen LogP contribution is -2.41. The molecule has 1 heterocycles. The predicted octanol–water partition coefficient (Wildman–Crippen LogP) is 3.60. The minimum absolute atomic E-state index is 0.0789. The number of carbonyl (C=O) groups is 2. The maximum absolute atomic E-state index is 12.6. The number of para-hydroxylation sites is 1. The van der Waals surface area contributed by atoms with Crippen LogP contribution < -0.4 is 15.6 Å². The molecular formula is C20H18ClN3O4S2. The zero-order valence-electron chi connectivity index (χ0n) is 15.6. The molecule has 30 heavy (non-hydrogen) atoms. The number of hydrogen-bond acceptors (Lipinski definition) is 5. The van der Waals surface area contributed by atoms with Crippen LogP contribution in [0.15, 0.2) is 70.3 Å². The molecule has 3 rings (SSSR count). The van der Waals surface area contributed by atoms with Crippen LogP contribution in [0.3, 0.4) is 0 Å². The second-order valence-electron chi connectivity index (χ2n) is 6.25. The predicted molar refractivity (Wildman–Crippen MR) is 117 cm³/mol. The third-order valence-corrected chi connectivity index (χ3v) is 6.49. The average molecular weight is 464 g/mol. The van der Waals surface area contributed by atoms with Gasteiger partial charge in [0.2, 0.25) is 5.91 Å². The van der Waals surface area contributed by atoms with E-state index in [1.165, 1.54) is 30.3 Å². The Hall–Kier alpha value is -2.88. The summed E-state index contributed by atoms with van der Waals surface area (Å²) in [7, 11) is -3.96. The zero-order valence-corrected chi connectivity index (χ0v) is 18.0. The molecule has 0 fully saturated rings. The maximum Gasteiger partial charge on any atom is 0.269 e. The number of aryl methyl sites for hydroxylation is 1. The van der Waals surface area contributed by atoms with E-state index in [4.69, 9.17) is 11.6 Å². The van der Waals surface area contributed by atoms with Gasteiger partial charge in [0.25, 0.3) is 15.9 Å². The number of carbonyl (C=O) groups excluding carboxylic acids is 2. The molecule has 0 aliphatic carbocycles. The summed E-state index contributed by atoms with van der Waals surface area (Å²) in [4.78, 5) is 24.1. The highest BCUT2D eigenvalue weighted by Crippen LogP contribution is 2.24. The van der Waals surface area contributed by atoms with Gasteiger partial charge in [0.15, 0.2) is 0 Å². The summed E-state index contributed by atoms with van der Waals surface area (Å²) in [5.41, 5.74) is 5.98. The second-order valence-corrected chi connectivity index (χ2v) is 9.12. The van der Waals surface area contributed by atoms with E-state index in [0.29, 0.717) is 6.42 Å². The molecule has 0 unspecified atom stereocenters. The summed E-state index contributed by atoms with van der Waals surface area (Å²) in [6.45, 7) is 0. The van der Waals surface area contributed by atoms with Crippen molar-refractivity contribution in [3.8, 4) is 0 Å². The Kier molecular flexibility index (Phi) is 7.09. The van der Waals surface area contributed by atoms with Gasteiger partial charge in [-0.25, -0.2) is 8.42 Å². The van der Waals surface area contributed by atoms with E-state index in [-0.39, 0.29) is 33.5 Å². The Bertz CT molecular complexity index is 1150. The molecule has 1 aromatic heterocycles. The number of hydrazine groups is 1. The molecule has 0 bridgehead atoms. The number of halogens is 1. The van der Waals surface area contributed by atoms with Gasteiger partial charge in [-0.15, -0.1) is 0 Å². The normalized spacial score (nSPS) is 11.0. The molecular weight excluding hydrogens is 446 g/mol. The molecule has 0 atom stereocenters. The van der Waals surface area contributed by atoms with Crippen molar-refractivity contribution in [2.45, 2.75) is 17.7 Å². The highest BCUT2D eigenvalue weighted by Gasteiger charge is 2.18. The van der Waals surface area contributed by atoms with Gasteiger partial charge < -0.3 is 0 Å².